The van der Waals surface area contributed by atoms with E-state index in [2.05, 4.69) is 73.5 Å². The van der Waals surface area contributed by atoms with Crippen molar-refractivity contribution in [2.24, 2.45) is 0 Å². The van der Waals surface area contributed by atoms with Crippen LogP contribution < -0.4 is 5.32 Å². The van der Waals surface area contributed by atoms with Crippen molar-refractivity contribution >= 4 is 11.7 Å². The third kappa shape index (κ3) is 4.44. The summed E-state index contributed by atoms with van der Waals surface area (Å²) in [5, 5.41) is 3.16. The fourth-order valence-corrected chi connectivity index (χ4v) is 3.48. The highest BCUT2D eigenvalue weighted by atomic mass is 16.2. The van der Waals surface area contributed by atoms with Crippen molar-refractivity contribution in [3.8, 4) is 0 Å². The molecule has 0 radical (unpaired) electrons. The molecule has 0 unspecified atom stereocenters. The Labute approximate surface area is 156 Å². The number of piperazine rings is 1. The van der Waals surface area contributed by atoms with Crippen LogP contribution in [0.15, 0.2) is 48.5 Å². The van der Waals surface area contributed by atoms with Crippen LogP contribution in [0.3, 0.4) is 0 Å². The summed E-state index contributed by atoms with van der Waals surface area (Å²) < 4.78 is 0. The topological polar surface area (TPSA) is 35.6 Å². The number of rotatable bonds is 4. The molecule has 1 aliphatic heterocycles. The van der Waals surface area contributed by atoms with Gasteiger partial charge in [-0.3, -0.25) is 4.90 Å². The summed E-state index contributed by atoms with van der Waals surface area (Å²) in [5.41, 5.74) is 4.61. The number of nitrogens with zero attached hydrogens (tertiary/aromatic N) is 2. The predicted octanol–water partition coefficient (Wildman–Crippen LogP) is 4.47. The SMILES string of the molecule is Cc1cccc(C(C)C)c1NC(=O)N1CCN(Cc2ccccc2)CC1. The molecule has 0 atom stereocenters. The molecule has 138 valence electrons. The Morgan fingerprint density at radius 2 is 1.69 bits per heavy atom. The zero-order valence-corrected chi connectivity index (χ0v) is 16.0. The fraction of sp³-hybridized carbons (Fsp3) is 0.409. The number of hydrogen-bond donors (Lipinski definition) is 1. The fourth-order valence-electron chi connectivity index (χ4n) is 3.48. The lowest BCUT2D eigenvalue weighted by molar-refractivity contribution is 0.143. The Bertz CT molecular complexity index is 734. The van der Waals surface area contributed by atoms with Gasteiger partial charge in [0.2, 0.25) is 0 Å². The smallest absolute Gasteiger partial charge is 0.321 e. The van der Waals surface area contributed by atoms with E-state index < -0.39 is 0 Å². The Kier molecular flexibility index (Phi) is 5.94. The summed E-state index contributed by atoms with van der Waals surface area (Å²) in [6.07, 6.45) is 0. The summed E-state index contributed by atoms with van der Waals surface area (Å²) >= 11 is 0. The Morgan fingerprint density at radius 1 is 1.00 bits per heavy atom. The number of benzene rings is 2. The molecule has 3 rings (SSSR count). The van der Waals surface area contributed by atoms with E-state index >= 15 is 0 Å². The van der Waals surface area contributed by atoms with Gasteiger partial charge >= 0.3 is 6.03 Å². The molecule has 2 amide bonds. The Balaban J connectivity index is 1.58. The quantitative estimate of drug-likeness (QED) is 0.882. The average molecular weight is 351 g/mol. The zero-order chi connectivity index (χ0) is 18.5. The van der Waals surface area contributed by atoms with Crippen molar-refractivity contribution in [3.05, 3.63) is 65.2 Å². The summed E-state index contributed by atoms with van der Waals surface area (Å²) in [6, 6.07) is 16.7. The van der Waals surface area contributed by atoms with Crippen molar-refractivity contribution in [1.82, 2.24) is 9.80 Å². The predicted molar refractivity (Wildman–Crippen MR) is 108 cm³/mol. The van der Waals surface area contributed by atoms with Gasteiger partial charge in [0.25, 0.3) is 0 Å². The monoisotopic (exact) mass is 351 g/mol. The third-order valence-corrected chi connectivity index (χ3v) is 5.07. The van der Waals surface area contributed by atoms with E-state index in [0.717, 1.165) is 44.0 Å². The second-order valence-electron chi connectivity index (χ2n) is 7.37. The van der Waals surface area contributed by atoms with E-state index in [1.807, 2.05) is 11.0 Å². The lowest BCUT2D eigenvalue weighted by atomic mass is 9.98. The molecule has 2 aromatic rings. The Hall–Kier alpha value is -2.33. The molecular formula is C22H29N3O. The molecule has 4 nitrogen and oxygen atoms in total. The number of urea groups is 1. The highest BCUT2D eigenvalue weighted by Crippen LogP contribution is 2.27. The molecule has 26 heavy (non-hydrogen) atoms. The molecule has 0 aromatic heterocycles. The highest BCUT2D eigenvalue weighted by Gasteiger charge is 2.22. The normalized spacial score (nSPS) is 15.3. The summed E-state index contributed by atoms with van der Waals surface area (Å²) in [4.78, 5) is 17.1. The van der Waals surface area contributed by atoms with E-state index in [1.54, 1.807) is 0 Å². The maximum Gasteiger partial charge on any atom is 0.321 e. The lowest BCUT2D eigenvalue weighted by Crippen LogP contribution is -2.49. The first-order valence-electron chi connectivity index (χ1n) is 9.46. The van der Waals surface area contributed by atoms with Gasteiger partial charge in [-0.1, -0.05) is 62.4 Å². The molecule has 0 spiro atoms. The largest absolute Gasteiger partial charge is 0.322 e. The van der Waals surface area contributed by atoms with E-state index in [9.17, 15) is 4.79 Å². The molecule has 0 bridgehead atoms. The summed E-state index contributed by atoms with van der Waals surface area (Å²) in [6.45, 7) is 10.7. The van der Waals surface area contributed by atoms with Crippen LogP contribution in [0.2, 0.25) is 0 Å². The number of nitrogens with one attached hydrogen (secondary N) is 1. The van der Waals surface area contributed by atoms with Gasteiger partial charge in [0.1, 0.15) is 0 Å². The van der Waals surface area contributed by atoms with E-state index in [1.165, 1.54) is 11.1 Å². The third-order valence-electron chi connectivity index (χ3n) is 5.07. The van der Waals surface area contributed by atoms with Crippen LogP contribution in [-0.2, 0) is 6.54 Å². The van der Waals surface area contributed by atoms with Gasteiger partial charge in [0.15, 0.2) is 0 Å². The van der Waals surface area contributed by atoms with Gasteiger partial charge in [-0.2, -0.15) is 0 Å². The molecule has 1 fully saturated rings. The number of hydrogen-bond acceptors (Lipinski definition) is 2. The summed E-state index contributed by atoms with van der Waals surface area (Å²) in [7, 11) is 0. The van der Waals surface area contributed by atoms with Gasteiger partial charge in [-0.05, 0) is 29.5 Å². The highest BCUT2D eigenvalue weighted by molar-refractivity contribution is 5.91. The van der Waals surface area contributed by atoms with Gasteiger partial charge in [-0.15, -0.1) is 0 Å². The number of carbonyl (C=O) groups excluding carboxylic acids is 1. The van der Waals surface area contributed by atoms with Crippen LogP contribution in [0.4, 0.5) is 10.5 Å². The second kappa shape index (κ2) is 8.37. The first-order chi connectivity index (χ1) is 12.5. The van der Waals surface area contributed by atoms with E-state index in [-0.39, 0.29) is 6.03 Å². The molecule has 2 aromatic carbocycles. The van der Waals surface area contributed by atoms with Gasteiger partial charge in [0, 0.05) is 38.4 Å². The first-order valence-corrected chi connectivity index (χ1v) is 9.46. The number of para-hydroxylation sites is 1. The van der Waals surface area contributed by atoms with Crippen LogP contribution in [0, 0.1) is 6.92 Å². The molecule has 0 saturated carbocycles. The van der Waals surface area contributed by atoms with Crippen LogP contribution in [0.25, 0.3) is 0 Å². The van der Waals surface area contributed by atoms with E-state index in [0.29, 0.717) is 5.92 Å². The minimum Gasteiger partial charge on any atom is -0.322 e. The molecule has 1 N–H and O–H groups in total. The minimum absolute atomic E-state index is 0.0144. The van der Waals surface area contributed by atoms with Crippen molar-refractivity contribution in [2.45, 2.75) is 33.2 Å². The molecule has 0 aliphatic carbocycles. The average Bonchev–Trinajstić information content (AvgIpc) is 2.64. The minimum atomic E-state index is 0.0144. The Morgan fingerprint density at radius 3 is 2.35 bits per heavy atom. The number of aryl methyl sites for hydroxylation is 1. The second-order valence-corrected chi connectivity index (χ2v) is 7.37. The zero-order valence-electron chi connectivity index (χ0n) is 16.0. The maximum atomic E-state index is 12.8. The van der Waals surface area contributed by atoms with Gasteiger partial charge < -0.3 is 10.2 Å². The molecular weight excluding hydrogens is 322 g/mol. The van der Waals surface area contributed by atoms with Crippen molar-refractivity contribution in [3.63, 3.8) is 0 Å². The van der Waals surface area contributed by atoms with E-state index in [4.69, 9.17) is 0 Å². The molecule has 1 aliphatic rings. The van der Waals surface area contributed by atoms with Crippen molar-refractivity contribution < 1.29 is 4.79 Å². The molecule has 1 saturated heterocycles. The summed E-state index contributed by atoms with van der Waals surface area (Å²) in [5.74, 6) is 0.382. The van der Waals surface area contributed by atoms with Crippen LogP contribution >= 0.6 is 0 Å². The standard InChI is InChI=1S/C22H29N3O/c1-17(2)20-11-7-8-18(3)21(20)23-22(26)25-14-12-24(13-15-25)16-19-9-5-4-6-10-19/h4-11,17H,12-16H2,1-3H3,(H,23,26). The van der Waals surface area contributed by atoms with Crippen LogP contribution in [-0.4, -0.2) is 42.0 Å². The lowest BCUT2D eigenvalue weighted by Gasteiger charge is -2.35. The number of amides is 2. The molecule has 1 heterocycles. The molecule has 4 heteroatoms. The van der Waals surface area contributed by atoms with Crippen molar-refractivity contribution in [1.29, 1.82) is 0 Å². The van der Waals surface area contributed by atoms with Crippen LogP contribution in [0.5, 0.6) is 0 Å². The van der Waals surface area contributed by atoms with Gasteiger partial charge in [0.05, 0.1) is 0 Å². The van der Waals surface area contributed by atoms with Crippen LogP contribution in [0.1, 0.15) is 36.5 Å². The maximum absolute atomic E-state index is 12.8. The van der Waals surface area contributed by atoms with Crippen molar-refractivity contribution in [2.75, 3.05) is 31.5 Å². The first kappa shape index (κ1) is 18.5. The van der Waals surface area contributed by atoms with Gasteiger partial charge in [-0.25, -0.2) is 4.79 Å². The number of anilines is 1. The number of carbonyl (C=O) groups is 1.